The second-order valence-electron chi connectivity index (χ2n) is 7.21. The Bertz CT molecular complexity index is 1320. The van der Waals surface area contributed by atoms with Crippen molar-refractivity contribution in [3.05, 3.63) is 87.5 Å². The Kier molecular flexibility index (Phi) is 7.34. The van der Waals surface area contributed by atoms with Crippen LogP contribution in [0.3, 0.4) is 0 Å². The molecule has 3 aromatic carbocycles. The number of aliphatic imine (C=N–C) groups is 1. The maximum Gasteiger partial charge on any atom is 0.361 e. The molecule has 0 saturated carbocycles. The summed E-state index contributed by atoms with van der Waals surface area (Å²) in [4.78, 5) is 7.91. The molecule has 0 fully saturated rings. The van der Waals surface area contributed by atoms with Gasteiger partial charge in [0.05, 0.1) is 35.5 Å². The Labute approximate surface area is 206 Å². The average molecular weight is 574 g/mol. The van der Waals surface area contributed by atoms with Crippen LogP contribution in [-0.4, -0.2) is 29.0 Å². The van der Waals surface area contributed by atoms with Crippen LogP contribution in [0.25, 0.3) is 10.9 Å². The second kappa shape index (κ2) is 10.2. The zero-order valence-corrected chi connectivity index (χ0v) is 21.3. The Morgan fingerprint density at radius 2 is 1.67 bits per heavy atom. The van der Waals surface area contributed by atoms with Crippen molar-refractivity contribution >= 4 is 57.8 Å². The van der Waals surface area contributed by atoms with E-state index in [4.69, 9.17) is 14.0 Å². The minimum absolute atomic E-state index is 0.0158. The highest BCUT2D eigenvalue weighted by Gasteiger charge is 2.28. The first-order chi connectivity index (χ1) is 15.9. The van der Waals surface area contributed by atoms with E-state index in [0.29, 0.717) is 27.5 Å². The molecular formula is C25H24IN2O4P. The minimum atomic E-state index is -3.50. The Balaban J connectivity index is 1.95. The van der Waals surface area contributed by atoms with Crippen molar-refractivity contribution in [1.29, 1.82) is 0 Å². The van der Waals surface area contributed by atoms with Gasteiger partial charge < -0.3 is 19.1 Å². The number of rotatable bonds is 8. The maximum absolute atomic E-state index is 13.4. The lowest BCUT2D eigenvalue weighted by molar-refractivity contribution is 0.230. The molecule has 0 unspecified atom stereocenters. The quantitative estimate of drug-likeness (QED) is 0.142. The first-order valence-corrected chi connectivity index (χ1v) is 13.2. The predicted octanol–water partition coefficient (Wildman–Crippen LogP) is 6.54. The summed E-state index contributed by atoms with van der Waals surface area (Å²) in [5.41, 5.74) is 3.41. The predicted molar refractivity (Wildman–Crippen MR) is 141 cm³/mol. The number of aromatic hydroxyl groups is 1. The third-order valence-corrected chi connectivity index (χ3v) is 7.85. The molecular weight excluding hydrogens is 550 g/mol. The fourth-order valence-electron chi connectivity index (χ4n) is 3.61. The lowest BCUT2D eigenvalue weighted by Crippen LogP contribution is -2.11. The van der Waals surface area contributed by atoms with Gasteiger partial charge in [-0.05, 0) is 78.9 Å². The van der Waals surface area contributed by atoms with E-state index in [1.54, 1.807) is 32.0 Å². The highest BCUT2D eigenvalue weighted by molar-refractivity contribution is 14.1. The van der Waals surface area contributed by atoms with Crippen molar-refractivity contribution < 1.29 is 18.7 Å². The summed E-state index contributed by atoms with van der Waals surface area (Å²) in [5.74, 6) is -0.0158. The van der Waals surface area contributed by atoms with Gasteiger partial charge in [-0.3, -0.25) is 4.57 Å². The number of nitrogens with one attached hydrogen (secondary N) is 1. The zero-order chi connectivity index (χ0) is 23.4. The van der Waals surface area contributed by atoms with Gasteiger partial charge in [0, 0.05) is 20.0 Å². The van der Waals surface area contributed by atoms with E-state index in [0.717, 1.165) is 14.8 Å². The summed E-state index contributed by atoms with van der Waals surface area (Å²) >= 11 is 2.25. The topological polar surface area (TPSA) is 83.9 Å². The van der Waals surface area contributed by atoms with Gasteiger partial charge in [-0.1, -0.05) is 30.3 Å². The second-order valence-corrected chi connectivity index (χ2v) is 10.5. The summed E-state index contributed by atoms with van der Waals surface area (Å²) in [7, 11) is -3.50. The van der Waals surface area contributed by atoms with Crippen LogP contribution >= 0.6 is 30.2 Å². The van der Waals surface area contributed by atoms with E-state index in [1.807, 2.05) is 54.6 Å². The molecule has 0 bridgehead atoms. The molecule has 0 spiro atoms. The Morgan fingerprint density at radius 3 is 2.30 bits per heavy atom. The lowest BCUT2D eigenvalue weighted by Gasteiger charge is -2.17. The van der Waals surface area contributed by atoms with Crippen LogP contribution < -0.4 is 5.30 Å². The smallest absolute Gasteiger partial charge is 0.361 e. The van der Waals surface area contributed by atoms with Gasteiger partial charge in [-0.15, -0.1) is 0 Å². The first-order valence-electron chi connectivity index (χ1n) is 10.6. The van der Waals surface area contributed by atoms with Gasteiger partial charge in [0.15, 0.2) is 5.88 Å². The van der Waals surface area contributed by atoms with Gasteiger partial charge >= 0.3 is 7.60 Å². The molecule has 0 radical (unpaired) electrons. The number of halogens is 1. The summed E-state index contributed by atoms with van der Waals surface area (Å²) in [6.07, 6.45) is 0. The summed E-state index contributed by atoms with van der Waals surface area (Å²) in [6, 6.07) is 22.7. The number of aromatic amines is 1. The van der Waals surface area contributed by atoms with Gasteiger partial charge in [0.25, 0.3) is 0 Å². The van der Waals surface area contributed by atoms with Crippen molar-refractivity contribution in [2.75, 3.05) is 13.2 Å². The highest BCUT2D eigenvalue weighted by Crippen LogP contribution is 2.47. The minimum Gasteiger partial charge on any atom is -0.494 e. The molecule has 4 rings (SSSR count). The fourth-order valence-corrected chi connectivity index (χ4v) is 5.56. The van der Waals surface area contributed by atoms with E-state index < -0.39 is 7.60 Å². The monoisotopic (exact) mass is 574 g/mol. The molecule has 2 N–H and O–H groups in total. The van der Waals surface area contributed by atoms with Crippen LogP contribution in [0.1, 0.15) is 25.0 Å². The van der Waals surface area contributed by atoms with E-state index in [9.17, 15) is 9.67 Å². The fraction of sp³-hybridized carbons (Fsp3) is 0.160. The van der Waals surface area contributed by atoms with Crippen molar-refractivity contribution in [1.82, 2.24) is 4.98 Å². The van der Waals surface area contributed by atoms with E-state index in [-0.39, 0.29) is 19.1 Å². The molecule has 0 atom stereocenters. The SMILES string of the molecule is CCOP(=O)(OCC)c1ccc2[nH]c(O)c(C(=Nc3ccc(I)cc3)c3ccccc3)c2c1. The van der Waals surface area contributed by atoms with Crippen molar-refractivity contribution in [2.24, 2.45) is 4.99 Å². The Hall–Kier alpha value is -2.45. The molecule has 0 aliphatic rings. The molecule has 0 saturated heterocycles. The molecule has 0 aliphatic carbocycles. The largest absolute Gasteiger partial charge is 0.494 e. The number of H-pyrrole nitrogens is 1. The van der Waals surface area contributed by atoms with E-state index >= 15 is 0 Å². The van der Waals surface area contributed by atoms with Crippen molar-refractivity contribution in [3.8, 4) is 5.88 Å². The van der Waals surface area contributed by atoms with Crippen molar-refractivity contribution in [3.63, 3.8) is 0 Å². The molecule has 33 heavy (non-hydrogen) atoms. The molecule has 0 aliphatic heterocycles. The standard InChI is InChI=1S/C25H24IN2O4P/c1-3-31-33(30,32-4-2)20-14-15-22-21(16-20)23(25(29)28-22)24(17-8-6-5-7-9-17)27-19-12-10-18(26)11-13-19/h5-16,28-29H,3-4H2,1-2H3. The first kappa shape index (κ1) is 23.7. The third-order valence-electron chi connectivity index (χ3n) is 5.03. The molecule has 4 aromatic rings. The Morgan fingerprint density at radius 1 is 1.00 bits per heavy atom. The normalized spacial score (nSPS) is 12.4. The molecule has 1 heterocycles. The van der Waals surface area contributed by atoms with Crippen LogP contribution in [0.4, 0.5) is 5.69 Å². The molecule has 170 valence electrons. The summed E-state index contributed by atoms with van der Waals surface area (Å²) in [6.45, 7) is 4.06. The van der Waals surface area contributed by atoms with Gasteiger partial charge in [-0.25, -0.2) is 4.99 Å². The van der Waals surface area contributed by atoms with Crippen LogP contribution in [0.5, 0.6) is 5.88 Å². The highest BCUT2D eigenvalue weighted by atomic mass is 127. The van der Waals surface area contributed by atoms with E-state index in [1.165, 1.54) is 0 Å². The average Bonchev–Trinajstić information content (AvgIpc) is 3.14. The number of fused-ring (bicyclic) bond motifs is 1. The van der Waals surface area contributed by atoms with Crippen LogP contribution in [0, 0.1) is 3.57 Å². The number of aromatic nitrogens is 1. The summed E-state index contributed by atoms with van der Waals surface area (Å²) < 4.78 is 25.6. The van der Waals surface area contributed by atoms with Crippen molar-refractivity contribution in [2.45, 2.75) is 13.8 Å². The number of benzene rings is 3. The lowest BCUT2D eigenvalue weighted by atomic mass is 10.0. The van der Waals surface area contributed by atoms with Gasteiger partial charge in [-0.2, -0.15) is 0 Å². The van der Waals surface area contributed by atoms with Crippen LogP contribution in [0.15, 0.2) is 77.8 Å². The molecule has 0 amide bonds. The third kappa shape index (κ3) is 5.06. The van der Waals surface area contributed by atoms with Crippen LogP contribution in [0.2, 0.25) is 0 Å². The molecule has 1 aromatic heterocycles. The maximum atomic E-state index is 13.4. The van der Waals surface area contributed by atoms with E-state index in [2.05, 4.69) is 27.6 Å². The number of hydrogen-bond acceptors (Lipinski definition) is 5. The number of nitrogens with zero attached hydrogens (tertiary/aromatic N) is 1. The van der Waals surface area contributed by atoms with Crippen LogP contribution in [-0.2, 0) is 13.6 Å². The zero-order valence-electron chi connectivity index (χ0n) is 18.3. The molecule has 6 nitrogen and oxygen atoms in total. The van der Waals surface area contributed by atoms with Gasteiger partial charge in [0.1, 0.15) is 0 Å². The summed E-state index contributed by atoms with van der Waals surface area (Å²) in [5, 5.41) is 12.0. The molecule has 8 heteroatoms. The van der Waals surface area contributed by atoms with Gasteiger partial charge in [0.2, 0.25) is 0 Å². The number of hydrogen-bond donors (Lipinski definition) is 2.